The lowest BCUT2D eigenvalue weighted by Gasteiger charge is -2.12. The third kappa shape index (κ3) is 10.4. The molecule has 0 aliphatic rings. The molecule has 1 atom stereocenters. The Morgan fingerprint density at radius 2 is 1.09 bits per heavy atom. The topological polar surface area (TPSA) is 71.1 Å². The van der Waals surface area contributed by atoms with Gasteiger partial charge in [0.1, 0.15) is 23.0 Å². The van der Waals surface area contributed by atoms with E-state index in [-0.39, 0.29) is 6.42 Å². The number of rotatable bonds is 15. The van der Waals surface area contributed by atoms with Gasteiger partial charge in [-0.3, -0.25) is 9.59 Å². The lowest BCUT2D eigenvalue weighted by atomic mass is 10.1. The summed E-state index contributed by atoms with van der Waals surface area (Å²) in [5.41, 5.74) is 0. The van der Waals surface area contributed by atoms with Crippen molar-refractivity contribution in [2.45, 2.75) is 65.7 Å². The minimum Gasteiger partial charge on any atom is -0.494 e. The molecular weight excluding hydrogens is 420 g/mol. The second-order valence-corrected chi connectivity index (χ2v) is 8.05. The van der Waals surface area contributed by atoms with Gasteiger partial charge in [0.05, 0.1) is 25.6 Å². The maximum Gasteiger partial charge on any atom is 0.314 e. The van der Waals surface area contributed by atoms with Crippen molar-refractivity contribution < 1.29 is 28.5 Å². The average Bonchev–Trinajstić information content (AvgIpc) is 2.81. The molecule has 0 spiro atoms. The van der Waals surface area contributed by atoms with Crippen LogP contribution in [0, 0.1) is 5.92 Å². The number of ether oxygens (including phenoxy) is 4. The fourth-order valence-electron chi connectivity index (χ4n) is 3.02. The number of carbonyl (C=O) groups is 2. The van der Waals surface area contributed by atoms with Crippen LogP contribution in [0.1, 0.15) is 65.7 Å². The van der Waals surface area contributed by atoms with Crippen LogP contribution < -0.4 is 18.9 Å². The highest BCUT2D eigenvalue weighted by atomic mass is 16.5. The van der Waals surface area contributed by atoms with Gasteiger partial charge >= 0.3 is 11.9 Å². The van der Waals surface area contributed by atoms with Crippen molar-refractivity contribution in [3.63, 3.8) is 0 Å². The standard InChI is InChI=1S/C27H36O6/c1-4-6-8-18-30-22-10-14-24(15-11-22)32-26(28)20-21(3)27(29)33-25-16-12-23(13-17-25)31-19-9-7-5-2/h10-17,21H,4-9,18-20H2,1-3H3. The fraction of sp³-hybridized carbons (Fsp3) is 0.481. The fourth-order valence-corrected chi connectivity index (χ4v) is 3.02. The van der Waals surface area contributed by atoms with Crippen LogP contribution in [0.2, 0.25) is 0 Å². The number of hydrogen-bond donors (Lipinski definition) is 0. The normalized spacial score (nSPS) is 11.5. The van der Waals surface area contributed by atoms with E-state index in [1.54, 1.807) is 55.5 Å². The highest BCUT2D eigenvalue weighted by molar-refractivity contribution is 5.82. The summed E-state index contributed by atoms with van der Waals surface area (Å²) < 4.78 is 22.0. The molecule has 0 aliphatic carbocycles. The van der Waals surface area contributed by atoms with Gasteiger partial charge in [0, 0.05) is 0 Å². The Kier molecular flexibility index (Phi) is 11.9. The summed E-state index contributed by atoms with van der Waals surface area (Å²) in [5, 5.41) is 0. The number of benzene rings is 2. The van der Waals surface area contributed by atoms with Crippen LogP contribution in [0.5, 0.6) is 23.0 Å². The summed E-state index contributed by atoms with van der Waals surface area (Å²) >= 11 is 0. The zero-order chi connectivity index (χ0) is 23.9. The predicted octanol–water partition coefficient (Wildman–Crippen LogP) is 6.36. The molecule has 0 bridgehead atoms. The molecule has 0 amide bonds. The molecule has 2 aromatic rings. The average molecular weight is 457 g/mol. The number of esters is 2. The molecule has 0 radical (unpaired) electrons. The van der Waals surface area contributed by atoms with Gasteiger partial charge in [-0.1, -0.05) is 46.5 Å². The molecule has 0 saturated carbocycles. The minimum absolute atomic E-state index is 0.0767. The van der Waals surface area contributed by atoms with E-state index >= 15 is 0 Å². The summed E-state index contributed by atoms with van der Waals surface area (Å²) in [5.74, 6) is 0.682. The molecule has 2 aromatic carbocycles. The van der Waals surface area contributed by atoms with Crippen molar-refractivity contribution in [3.05, 3.63) is 48.5 Å². The Balaban J connectivity index is 1.73. The third-order valence-electron chi connectivity index (χ3n) is 5.01. The van der Waals surface area contributed by atoms with Crippen LogP contribution in [-0.4, -0.2) is 25.2 Å². The van der Waals surface area contributed by atoms with E-state index < -0.39 is 17.9 Å². The van der Waals surface area contributed by atoms with Crippen LogP contribution in [0.3, 0.4) is 0 Å². The van der Waals surface area contributed by atoms with E-state index in [4.69, 9.17) is 18.9 Å². The van der Waals surface area contributed by atoms with Crippen LogP contribution in [0.4, 0.5) is 0 Å². The van der Waals surface area contributed by atoms with Crippen LogP contribution in [-0.2, 0) is 9.59 Å². The maximum atomic E-state index is 12.3. The molecular formula is C27H36O6. The van der Waals surface area contributed by atoms with Crippen molar-refractivity contribution in [2.24, 2.45) is 5.92 Å². The molecule has 0 aliphatic heterocycles. The van der Waals surface area contributed by atoms with Gasteiger partial charge < -0.3 is 18.9 Å². The molecule has 0 fully saturated rings. The van der Waals surface area contributed by atoms with Gasteiger partial charge in [-0.2, -0.15) is 0 Å². The van der Waals surface area contributed by atoms with Crippen molar-refractivity contribution in [1.82, 2.24) is 0 Å². The molecule has 0 heterocycles. The zero-order valence-electron chi connectivity index (χ0n) is 20.0. The van der Waals surface area contributed by atoms with Gasteiger partial charge in [0.2, 0.25) is 0 Å². The molecule has 0 N–H and O–H groups in total. The summed E-state index contributed by atoms with van der Waals surface area (Å²) in [6.07, 6.45) is 6.50. The number of carbonyl (C=O) groups excluding carboxylic acids is 2. The molecule has 6 nitrogen and oxygen atoms in total. The highest BCUT2D eigenvalue weighted by Gasteiger charge is 2.20. The van der Waals surface area contributed by atoms with Gasteiger partial charge in [-0.15, -0.1) is 0 Å². The van der Waals surface area contributed by atoms with E-state index in [9.17, 15) is 9.59 Å². The Labute approximate surface area is 197 Å². The summed E-state index contributed by atoms with van der Waals surface area (Å²) in [6.45, 7) is 7.27. The van der Waals surface area contributed by atoms with E-state index in [2.05, 4.69) is 13.8 Å². The Morgan fingerprint density at radius 1 is 0.667 bits per heavy atom. The first-order valence-corrected chi connectivity index (χ1v) is 11.9. The van der Waals surface area contributed by atoms with Crippen LogP contribution in [0.25, 0.3) is 0 Å². The van der Waals surface area contributed by atoms with Crippen LogP contribution in [0.15, 0.2) is 48.5 Å². The SMILES string of the molecule is CCCCCOc1ccc(OC(=O)CC(C)C(=O)Oc2ccc(OCCCCC)cc2)cc1. The molecule has 2 rings (SSSR count). The molecule has 6 heteroatoms. The van der Waals surface area contributed by atoms with Crippen LogP contribution >= 0.6 is 0 Å². The minimum atomic E-state index is -0.636. The van der Waals surface area contributed by atoms with E-state index in [1.807, 2.05) is 0 Å². The van der Waals surface area contributed by atoms with E-state index in [0.29, 0.717) is 24.7 Å². The Bertz CT molecular complexity index is 829. The van der Waals surface area contributed by atoms with Gasteiger partial charge in [0.25, 0.3) is 0 Å². The molecule has 33 heavy (non-hydrogen) atoms. The molecule has 180 valence electrons. The maximum absolute atomic E-state index is 12.3. The lowest BCUT2D eigenvalue weighted by molar-refractivity contribution is -0.144. The van der Waals surface area contributed by atoms with Gasteiger partial charge in [0.15, 0.2) is 0 Å². The molecule has 0 saturated heterocycles. The third-order valence-corrected chi connectivity index (χ3v) is 5.01. The first-order valence-electron chi connectivity index (χ1n) is 11.9. The van der Waals surface area contributed by atoms with Crippen molar-refractivity contribution in [2.75, 3.05) is 13.2 Å². The summed E-state index contributed by atoms with van der Waals surface area (Å²) in [4.78, 5) is 24.6. The quantitative estimate of drug-likeness (QED) is 0.176. The van der Waals surface area contributed by atoms with Crippen molar-refractivity contribution in [3.8, 4) is 23.0 Å². The molecule has 0 aromatic heterocycles. The second-order valence-electron chi connectivity index (χ2n) is 8.05. The second kappa shape index (κ2) is 14.9. The van der Waals surface area contributed by atoms with E-state index in [0.717, 1.165) is 50.0 Å². The number of unbranched alkanes of at least 4 members (excludes halogenated alkanes) is 4. The predicted molar refractivity (Wildman–Crippen MR) is 128 cm³/mol. The Hall–Kier alpha value is -3.02. The van der Waals surface area contributed by atoms with Gasteiger partial charge in [-0.05, 0) is 61.4 Å². The largest absolute Gasteiger partial charge is 0.494 e. The summed E-state index contributed by atoms with van der Waals surface area (Å²) in [6, 6.07) is 13.8. The summed E-state index contributed by atoms with van der Waals surface area (Å²) in [7, 11) is 0. The first-order chi connectivity index (χ1) is 16.0. The Morgan fingerprint density at radius 3 is 1.55 bits per heavy atom. The lowest BCUT2D eigenvalue weighted by Crippen LogP contribution is -2.22. The first kappa shape index (κ1) is 26.2. The van der Waals surface area contributed by atoms with E-state index in [1.165, 1.54) is 0 Å². The van der Waals surface area contributed by atoms with Crippen molar-refractivity contribution >= 4 is 11.9 Å². The smallest absolute Gasteiger partial charge is 0.314 e. The zero-order valence-corrected chi connectivity index (χ0v) is 20.0. The van der Waals surface area contributed by atoms with Crippen molar-refractivity contribution in [1.29, 1.82) is 0 Å². The highest BCUT2D eigenvalue weighted by Crippen LogP contribution is 2.21. The van der Waals surface area contributed by atoms with Gasteiger partial charge in [-0.25, -0.2) is 0 Å². The molecule has 1 unspecified atom stereocenters. The number of hydrogen-bond acceptors (Lipinski definition) is 6. The monoisotopic (exact) mass is 456 g/mol.